The number of aryl methyl sites for hydroxylation is 1. The van der Waals surface area contributed by atoms with Gasteiger partial charge >= 0.3 is 0 Å². The summed E-state index contributed by atoms with van der Waals surface area (Å²) in [6, 6.07) is 3.39. The highest BCUT2D eigenvalue weighted by Crippen LogP contribution is 2.27. The SMILES string of the molecule is CCc1ccc(S(=O)(=O)CC[C@H]2OC(C)[C@@H](O)[C@H](O)C2O)s1. The summed E-state index contributed by atoms with van der Waals surface area (Å²) in [6.45, 7) is 3.54. The van der Waals surface area contributed by atoms with Gasteiger partial charge in [-0.25, -0.2) is 8.42 Å². The van der Waals surface area contributed by atoms with Crippen LogP contribution in [-0.4, -0.2) is 60.0 Å². The zero-order valence-corrected chi connectivity index (χ0v) is 14.2. The van der Waals surface area contributed by atoms with Crippen LogP contribution in [0.4, 0.5) is 0 Å². The van der Waals surface area contributed by atoms with E-state index in [0.29, 0.717) is 4.21 Å². The molecule has 2 rings (SSSR count). The van der Waals surface area contributed by atoms with E-state index in [1.807, 2.05) is 6.92 Å². The number of rotatable bonds is 5. The van der Waals surface area contributed by atoms with Crippen LogP contribution in [0.25, 0.3) is 0 Å². The molecule has 6 nitrogen and oxygen atoms in total. The molecule has 2 unspecified atom stereocenters. The van der Waals surface area contributed by atoms with E-state index in [2.05, 4.69) is 0 Å². The molecule has 1 saturated heterocycles. The molecule has 0 aromatic carbocycles. The molecule has 1 fully saturated rings. The molecule has 2 heterocycles. The predicted octanol–water partition coefficient (Wildman–Crippen LogP) is 0.344. The van der Waals surface area contributed by atoms with Gasteiger partial charge in [0.05, 0.1) is 18.0 Å². The molecule has 22 heavy (non-hydrogen) atoms. The lowest BCUT2D eigenvalue weighted by molar-refractivity contribution is -0.217. The van der Waals surface area contributed by atoms with Gasteiger partial charge in [-0.2, -0.15) is 0 Å². The lowest BCUT2D eigenvalue weighted by Gasteiger charge is -2.39. The zero-order valence-electron chi connectivity index (χ0n) is 12.5. The maximum atomic E-state index is 12.3. The van der Waals surface area contributed by atoms with E-state index in [1.165, 1.54) is 11.3 Å². The second kappa shape index (κ2) is 6.94. The summed E-state index contributed by atoms with van der Waals surface area (Å²) in [5, 5.41) is 29.3. The topological polar surface area (TPSA) is 104 Å². The lowest BCUT2D eigenvalue weighted by Crippen LogP contribution is -2.56. The molecular weight excluding hydrogens is 328 g/mol. The Labute approximate surface area is 134 Å². The first-order valence-electron chi connectivity index (χ1n) is 7.27. The molecule has 0 saturated carbocycles. The molecule has 3 N–H and O–H groups in total. The van der Waals surface area contributed by atoms with Crippen molar-refractivity contribution in [3.05, 3.63) is 17.0 Å². The summed E-state index contributed by atoms with van der Waals surface area (Å²) in [4.78, 5) is 1.000. The summed E-state index contributed by atoms with van der Waals surface area (Å²) < 4.78 is 30.3. The quantitative estimate of drug-likeness (QED) is 0.708. The lowest BCUT2D eigenvalue weighted by atomic mass is 9.94. The van der Waals surface area contributed by atoms with Gasteiger partial charge in [0, 0.05) is 4.88 Å². The minimum atomic E-state index is -3.44. The smallest absolute Gasteiger partial charge is 0.187 e. The highest BCUT2D eigenvalue weighted by molar-refractivity contribution is 7.93. The molecular formula is C14H22O6S2. The molecule has 1 aromatic heterocycles. The van der Waals surface area contributed by atoms with Crippen molar-refractivity contribution in [3.63, 3.8) is 0 Å². The summed E-state index contributed by atoms with van der Waals surface area (Å²) >= 11 is 1.25. The van der Waals surface area contributed by atoms with E-state index < -0.39 is 40.4 Å². The van der Waals surface area contributed by atoms with E-state index in [-0.39, 0.29) is 12.2 Å². The van der Waals surface area contributed by atoms with Crippen LogP contribution < -0.4 is 0 Å². The van der Waals surface area contributed by atoms with Gasteiger partial charge in [0.1, 0.15) is 22.5 Å². The van der Waals surface area contributed by atoms with Crippen molar-refractivity contribution >= 4 is 21.2 Å². The van der Waals surface area contributed by atoms with Crippen molar-refractivity contribution in [2.45, 2.75) is 61.4 Å². The normalized spacial score (nSPS) is 33.0. The summed E-state index contributed by atoms with van der Waals surface area (Å²) in [7, 11) is -3.44. The number of thiophene rings is 1. The Morgan fingerprint density at radius 2 is 1.86 bits per heavy atom. The maximum Gasteiger partial charge on any atom is 0.187 e. The number of aliphatic hydroxyl groups is 3. The van der Waals surface area contributed by atoms with Gasteiger partial charge in [0.25, 0.3) is 0 Å². The largest absolute Gasteiger partial charge is 0.388 e. The average molecular weight is 350 g/mol. The van der Waals surface area contributed by atoms with Gasteiger partial charge in [-0.1, -0.05) is 6.92 Å². The Bertz CT molecular complexity index is 596. The first-order valence-corrected chi connectivity index (χ1v) is 9.74. The van der Waals surface area contributed by atoms with Crippen molar-refractivity contribution < 1.29 is 28.5 Å². The van der Waals surface area contributed by atoms with Gasteiger partial charge in [-0.3, -0.25) is 0 Å². The number of aliphatic hydroxyl groups excluding tert-OH is 3. The molecule has 1 aromatic rings. The fourth-order valence-corrected chi connectivity index (χ4v) is 5.24. The number of ether oxygens (including phenoxy) is 1. The van der Waals surface area contributed by atoms with Crippen LogP contribution in [0.5, 0.6) is 0 Å². The highest BCUT2D eigenvalue weighted by Gasteiger charge is 2.41. The number of hydrogen-bond donors (Lipinski definition) is 3. The van der Waals surface area contributed by atoms with E-state index in [9.17, 15) is 23.7 Å². The van der Waals surface area contributed by atoms with E-state index in [0.717, 1.165) is 11.3 Å². The van der Waals surface area contributed by atoms with Crippen LogP contribution >= 0.6 is 11.3 Å². The molecule has 1 aliphatic rings. The van der Waals surface area contributed by atoms with Crippen molar-refractivity contribution in [1.82, 2.24) is 0 Å². The minimum absolute atomic E-state index is 0.0664. The van der Waals surface area contributed by atoms with Crippen LogP contribution in [-0.2, 0) is 21.0 Å². The third-order valence-electron chi connectivity index (χ3n) is 3.91. The van der Waals surface area contributed by atoms with Gasteiger partial charge in [-0.15, -0.1) is 11.3 Å². The van der Waals surface area contributed by atoms with Gasteiger partial charge in [0.2, 0.25) is 0 Å². The van der Waals surface area contributed by atoms with E-state index in [4.69, 9.17) is 4.74 Å². The molecule has 8 heteroatoms. The van der Waals surface area contributed by atoms with Crippen LogP contribution in [0.2, 0.25) is 0 Å². The Balaban J connectivity index is 2.02. The maximum absolute atomic E-state index is 12.3. The monoisotopic (exact) mass is 350 g/mol. The molecule has 0 radical (unpaired) electrons. The molecule has 0 spiro atoms. The van der Waals surface area contributed by atoms with Crippen molar-refractivity contribution in [3.8, 4) is 0 Å². The fraction of sp³-hybridized carbons (Fsp3) is 0.714. The van der Waals surface area contributed by atoms with Crippen LogP contribution in [0.1, 0.15) is 25.1 Å². The van der Waals surface area contributed by atoms with Crippen LogP contribution in [0, 0.1) is 0 Å². The molecule has 126 valence electrons. The van der Waals surface area contributed by atoms with Crippen LogP contribution in [0.3, 0.4) is 0 Å². The molecule has 5 atom stereocenters. The zero-order chi connectivity index (χ0) is 16.5. The fourth-order valence-electron chi connectivity index (χ4n) is 2.46. The van der Waals surface area contributed by atoms with Crippen LogP contribution in [0.15, 0.2) is 16.3 Å². The standard InChI is InChI=1S/C14H22O6S2/c1-3-9-4-5-11(21-9)22(18,19)7-6-10-13(16)14(17)12(15)8(2)20-10/h4-5,8,10,12-17H,3,6-7H2,1-2H3/t8?,10-,12-,13?,14+/m1/s1. The van der Waals surface area contributed by atoms with Gasteiger partial charge in [0.15, 0.2) is 9.84 Å². The molecule has 1 aliphatic heterocycles. The third-order valence-corrected chi connectivity index (χ3v) is 7.47. The van der Waals surface area contributed by atoms with Gasteiger partial charge in [-0.05, 0) is 31.9 Å². The second-order valence-electron chi connectivity index (χ2n) is 5.53. The molecule has 0 amide bonds. The van der Waals surface area contributed by atoms with Gasteiger partial charge < -0.3 is 20.1 Å². The van der Waals surface area contributed by atoms with Crippen molar-refractivity contribution in [2.24, 2.45) is 0 Å². The second-order valence-corrected chi connectivity index (χ2v) is 9.04. The Kier molecular flexibility index (Phi) is 5.63. The summed E-state index contributed by atoms with van der Waals surface area (Å²) in [6.07, 6.45) is -4.41. The van der Waals surface area contributed by atoms with Crippen molar-refractivity contribution in [1.29, 1.82) is 0 Å². The Morgan fingerprint density at radius 1 is 1.18 bits per heavy atom. The number of hydrogen-bond acceptors (Lipinski definition) is 7. The van der Waals surface area contributed by atoms with Crippen molar-refractivity contribution in [2.75, 3.05) is 5.75 Å². The first kappa shape index (κ1) is 17.8. The highest BCUT2D eigenvalue weighted by atomic mass is 32.2. The Morgan fingerprint density at radius 3 is 2.45 bits per heavy atom. The summed E-state index contributed by atoms with van der Waals surface area (Å²) in [5.74, 6) is -0.173. The minimum Gasteiger partial charge on any atom is -0.388 e. The Hall–Kier alpha value is -0.510. The first-order chi connectivity index (χ1) is 10.3. The number of sulfone groups is 1. The van der Waals surface area contributed by atoms with E-state index >= 15 is 0 Å². The van der Waals surface area contributed by atoms with E-state index in [1.54, 1.807) is 19.1 Å². The molecule has 0 bridgehead atoms. The molecule has 0 aliphatic carbocycles. The average Bonchev–Trinajstić information content (AvgIpc) is 2.97. The third kappa shape index (κ3) is 3.69. The predicted molar refractivity (Wildman–Crippen MR) is 82.7 cm³/mol. The summed E-state index contributed by atoms with van der Waals surface area (Å²) in [5.41, 5.74) is 0.